The zero-order valence-electron chi connectivity index (χ0n) is 18.6. The second-order valence-electron chi connectivity index (χ2n) is 8.26. The molecule has 1 saturated heterocycles. The van der Waals surface area contributed by atoms with Gasteiger partial charge in [-0.3, -0.25) is 14.7 Å². The number of aryl methyl sites for hydroxylation is 1. The first kappa shape index (κ1) is 21.3. The quantitative estimate of drug-likeness (QED) is 0.641. The number of carbonyl (C=O) groups is 1. The van der Waals surface area contributed by atoms with Crippen molar-refractivity contribution in [2.45, 2.75) is 32.4 Å². The maximum atomic E-state index is 14.8. The number of amides is 1. The third kappa shape index (κ3) is 3.68. The van der Waals surface area contributed by atoms with Gasteiger partial charge in [0.1, 0.15) is 17.4 Å². The number of hydrogen-bond donors (Lipinski definition) is 1. The molecule has 0 spiro atoms. The van der Waals surface area contributed by atoms with Crippen molar-refractivity contribution in [2.24, 2.45) is 5.73 Å². The highest BCUT2D eigenvalue weighted by Gasteiger charge is 2.34. The van der Waals surface area contributed by atoms with Crippen LogP contribution in [0.15, 0.2) is 36.5 Å². The summed E-state index contributed by atoms with van der Waals surface area (Å²) in [5, 5.41) is 0. The van der Waals surface area contributed by atoms with E-state index in [9.17, 15) is 9.18 Å². The molecule has 5 rings (SSSR count). The van der Waals surface area contributed by atoms with Gasteiger partial charge in [0.05, 0.1) is 24.9 Å². The molecule has 0 radical (unpaired) electrons. The van der Waals surface area contributed by atoms with Crippen molar-refractivity contribution >= 4 is 17.7 Å². The molecular formula is C24H25FN6O2. The Morgan fingerprint density at radius 2 is 2.12 bits per heavy atom. The fourth-order valence-electron chi connectivity index (χ4n) is 4.43. The number of rotatable bonds is 5. The molecule has 1 atom stereocenters. The summed E-state index contributed by atoms with van der Waals surface area (Å²) in [7, 11) is 1.48. The maximum absolute atomic E-state index is 14.8. The lowest BCUT2D eigenvalue weighted by atomic mass is 10.0. The van der Waals surface area contributed by atoms with E-state index < -0.39 is 5.82 Å². The summed E-state index contributed by atoms with van der Waals surface area (Å²) in [5.74, 6) is 0.808. The van der Waals surface area contributed by atoms with E-state index in [1.807, 2.05) is 13.0 Å². The summed E-state index contributed by atoms with van der Waals surface area (Å²) >= 11 is 0. The van der Waals surface area contributed by atoms with Crippen LogP contribution in [0.1, 0.15) is 35.0 Å². The van der Waals surface area contributed by atoms with Crippen LogP contribution in [0, 0.1) is 5.82 Å². The van der Waals surface area contributed by atoms with E-state index in [0.717, 1.165) is 18.7 Å². The van der Waals surface area contributed by atoms with E-state index in [1.54, 1.807) is 23.1 Å². The van der Waals surface area contributed by atoms with Gasteiger partial charge in [-0.1, -0.05) is 13.0 Å². The minimum atomic E-state index is -0.455. The van der Waals surface area contributed by atoms with E-state index in [1.165, 1.54) is 19.4 Å². The van der Waals surface area contributed by atoms with Crippen molar-refractivity contribution in [1.82, 2.24) is 15.0 Å². The first-order valence-electron chi connectivity index (χ1n) is 11.0. The summed E-state index contributed by atoms with van der Waals surface area (Å²) in [6.07, 6.45) is 3.11. The molecular weight excluding hydrogens is 423 g/mol. The van der Waals surface area contributed by atoms with Crippen molar-refractivity contribution in [2.75, 3.05) is 30.0 Å². The summed E-state index contributed by atoms with van der Waals surface area (Å²) in [6, 6.07) is 8.20. The van der Waals surface area contributed by atoms with E-state index in [2.05, 4.69) is 14.9 Å². The van der Waals surface area contributed by atoms with E-state index in [0.29, 0.717) is 47.3 Å². The van der Waals surface area contributed by atoms with Crippen LogP contribution >= 0.6 is 0 Å². The number of hydrogen-bond acceptors (Lipinski definition) is 7. The summed E-state index contributed by atoms with van der Waals surface area (Å²) in [5.41, 5.74) is 8.68. The molecule has 3 aromatic rings. The lowest BCUT2D eigenvalue weighted by Gasteiger charge is -2.21. The van der Waals surface area contributed by atoms with E-state index in [-0.39, 0.29) is 24.1 Å². The highest BCUT2D eigenvalue weighted by atomic mass is 19.1. The molecule has 1 amide bonds. The molecule has 2 aliphatic rings. The van der Waals surface area contributed by atoms with Crippen LogP contribution in [-0.2, 0) is 13.0 Å². The Kier molecular flexibility index (Phi) is 5.41. The van der Waals surface area contributed by atoms with E-state index in [4.69, 9.17) is 15.5 Å². The van der Waals surface area contributed by atoms with Crippen molar-refractivity contribution < 1.29 is 13.9 Å². The maximum Gasteiger partial charge on any atom is 0.260 e. The molecule has 0 aliphatic carbocycles. The standard InChI is InChI=1S/C24H25FN6O2/c1-3-15-11-20(29-24(28-15)30-10-8-14(26)12-30)31-13-17-16(23(31)32)7-9-27-22(17)21-18(25)5-4-6-19(21)33-2/h4-7,9,11,14H,3,8,10,12-13,26H2,1-2H3/t14-/m0/s1. The summed E-state index contributed by atoms with van der Waals surface area (Å²) < 4.78 is 20.2. The molecule has 33 heavy (non-hydrogen) atoms. The highest BCUT2D eigenvalue weighted by molar-refractivity contribution is 6.10. The normalized spacial score (nSPS) is 17.6. The van der Waals surface area contributed by atoms with Gasteiger partial charge in [-0.2, -0.15) is 4.98 Å². The first-order chi connectivity index (χ1) is 16.0. The Morgan fingerprint density at radius 1 is 1.27 bits per heavy atom. The van der Waals surface area contributed by atoms with Crippen LogP contribution in [0.4, 0.5) is 16.2 Å². The number of methoxy groups -OCH3 is 1. The number of halogens is 1. The lowest BCUT2D eigenvalue weighted by Crippen LogP contribution is -2.29. The number of nitrogens with zero attached hydrogens (tertiary/aromatic N) is 5. The second-order valence-corrected chi connectivity index (χ2v) is 8.26. The molecule has 4 heterocycles. The number of fused-ring (bicyclic) bond motifs is 1. The SMILES string of the molecule is CCc1cc(N2Cc3c(ccnc3-c3c(F)cccc3OC)C2=O)nc(N2CC[C@H](N)C2)n1. The zero-order chi connectivity index (χ0) is 23.1. The Hall–Kier alpha value is -3.59. The molecule has 0 saturated carbocycles. The molecule has 2 N–H and O–H groups in total. The number of aromatic nitrogens is 3. The third-order valence-corrected chi connectivity index (χ3v) is 6.18. The van der Waals surface area contributed by atoms with Gasteiger partial charge in [-0.25, -0.2) is 9.37 Å². The number of pyridine rings is 1. The number of anilines is 2. The van der Waals surface area contributed by atoms with Gasteiger partial charge < -0.3 is 15.4 Å². The Morgan fingerprint density at radius 3 is 2.85 bits per heavy atom. The van der Waals surface area contributed by atoms with Gasteiger partial charge >= 0.3 is 0 Å². The second kappa shape index (κ2) is 8.40. The molecule has 170 valence electrons. The Bertz CT molecular complexity index is 1230. The van der Waals surface area contributed by atoms with Crippen LogP contribution in [0.5, 0.6) is 5.75 Å². The zero-order valence-corrected chi connectivity index (χ0v) is 18.6. The van der Waals surface area contributed by atoms with Gasteiger partial charge in [-0.05, 0) is 31.0 Å². The van der Waals surface area contributed by atoms with Crippen LogP contribution in [-0.4, -0.2) is 47.1 Å². The number of carbonyl (C=O) groups excluding carboxylic acids is 1. The first-order valence-corrected chi connectivity index (χ1v) is 11.0. The molecule has 2 aliphatic heterocycles. The molecule has 2 aromatic heterocycles. The minimum Gasteiger partial charge on any atom is -0.496 e. The third-order valence-electron chi connectivity index (χ3n) is 6.18. The van der Waals surface area contributed by atoms with Gasteiger partial charge in [-0.15, -0.1) is 0 Å². The largest absolute Gasteiger partial charge is 0.496 e. The number of nitrogens with two attached hydrogens (primary N) is 1. The van der Waals surface area contributed by atoms with Crippen molar-refractivity contribution in [3.63, 3.8) is 0 Å². The van der Waals surface area contributed by atoms with Crippen LogP contribution < -0.4 is 20.3 Å². The van der Waals surface area contributed by atoms with Crippen LogP contribution in [0.25, 0.3) is 11.3 Å². The molecule has 1 fully saturated rings. The average Bonchev–Trinajstić information content (AvgIpc) is 3.42. The van der Waals surface area contributed by atoms with E-state index >= 15 is 0 Å². The van der Waals surface area contributed by atoms with Crippen molar-refractivity contribution in [3.8, 4) is 17.0 Å². The average molecular weight is 449 g/mol. The highest BCUT2D eigenvalue weighted by Crippen LogP contribution is 2.38. The molecule has 8 nitrogen and oxygen atoms in total. The van der Waals surface area contributed by atoms with Crippen molar-refractivity contribution in [3.05, 3.63) is 59.2 Å². The predicted octanol–water partition coefficient (Wildman–Crippen LogP) is 2.95. The summed E-state index contributed by atoms with van der Waals surface area (Å²) in [6.45, 7) is 3.71. The van der Waals surface area contributed by atoms with Crippen LogP contribution in [0.3, 0.4) is 0 Å². The molecule has 0 bridgehead atoms. The van der Waals surface area contributed by atoms with Gasteiger partial charge in [0.2, 0.25) is 5.95 Å². The fourth-order valence-corrected chi connectivity index (χ4v) is 4.43. The van der Waals surface area contributed by atoms with Gasteiger partial charge in [0.15, 0.2) is 0 Å². The lowest BCUT2D eigenvalue weighted by molar-refractivity contribution is 0.0996. The topological polar surface area (TPSA) is 97.5 Å². The van der Waals surface area contributed by atoms with Gasteiger partial charge in [0, 0.05) is 48.2 Å². The number of benzene rings is 1. The number of ether oxygens (including phenoxy) is 1. The monoisotopic (exact) mass is 448 g/mol. The Labute approximate surface area is 191 Å². The Balaban J connectivity index is 1.56. The summed E-state index contributed by atoms with van der Waals surface area (Å²) in [4.78, 5) is 30.8. The molecule has 0 unspecified atom stereocenters. The van der Waals surface area contributed by atoms with Crippen molar-refractivity contribution in [1.29, 1.82) is 0 Å². The van der Waals surface area contributed by atoms with Crippen LogP contribution in [0.2, 0.25) is 0 Å². The fraction of sp³-hybridized carbons (Fsp3) is 0.333. The smallest absolute Gasteiger partial charge is 0.260 e. The predicted molar refractivity (Wildman–Crippen MR) is 123 cm³/mol. The minimum absolute atomic E-state index is 0.0874. The molecule has 9 heteroatoms. The molecule has 1 aromatic carbocycles. The van der Waals surface area contributed by atoms with Gasteiger partial charge in [0.25, 0.3) is 5.91 Å².